The molecule has 2 saturated heterocycles. The monoisotopic (exact) mass is 168 g/mol. The minimum atomic E-state index is 0.843. The highest BCUT2D eigenvalue weighted by atomic mass is 15.2. The number of hydrogen-bond acceptors (Lipinski definition) is 2. The highest BCUT2D eigenvalue weighted by Crippen LogP contribution is 2.23. The Bertz CT molecular complexity index is 145. The van der Waals surface area contributed by atoms with Crippen LogP contribution in [-0.2, 0) is 0 Å². The van der Waals surface area contributed by atoms with Crippen molar-refractivity contribution in [3.05, 3.63) is 0 Å². The molecule has 0 spiro atoms. The Labute approximate surface area is 75.3 Å². The normalized spacial score (nSPS) is 35.8. The maximum Gasteiger partial charge on any atom is 0.0235 e. The van der Waals surface area contributed by atoms with Crippen LogP contribution in [0.25, 0.3) is 0 Å². The van der Waals surface area contributed by atoms with E-state index in [9.17, 15) is 0 Å². The molecular weight excluding hydrogens is 148 g/mol. The van der Waals surface area contributed by atoms with Crippen molar-refractivity contribution in [1.82, 2.24) is 10.2 Å². The van der Waals surface area contributed by atoms with E-state index in [2.05, 4.69) is 17.1 Å². The molecule has 2 heteroatoms. The van der Waals surface area contributed by atoms with Gasteiger partial charge < -0.3 is 10.2 Å². The molecule has 2 atom stereocenters. The molecule has 0 radical (unpaired) electrons. The fourth-order valence-corrected chi connectivity index (χ4v) is 2.27. The first kappa shape index (κ1) is 8.52. The van der Waals surface area contributed by atoms with Gasteiger partial charge in [0, 0.05) is 12.6 Å². The van der Waals surface area contributed by atoms with Gasteiger partial charge in [-0.2, -0.15) is 0 Å². The summed E-state index contributed by atoms with van der Waals surface area (Å²) in [5.41, 5.74) is 0. The lowest BCUT2D eigenvalue weighted by molar-refractivity contribution is 0.0845. The quantitative estimate of drug-likeness (QED) is 0.678. The average Bonchev–Trinajstić information content (AvgIpc) is 2.05. The summed E-state index contributed by atoms with van der Waals surface area (Å²) in [6.45, 7) is 7.54. The standard InChI is InChI=1S/C10H20N2/c1-2-3-5-12-6-4-9-7-11-10(9)8-12/h9-11H,2-8H2,1H3. The third-order valence-electron chi connectivity index (χ3n) is 3.31. The summed E-state index contributed by atoms with van der Waals surface area (Å²) in [7, 11) is 0. The van der Waals surface area contributed by atoms with Crippen molar-refractivity contribution in [2.75, 3.05) is 26.2 Å². The Hall–Kier alpha value is -0.0800. The predicted octanol–water partition coefficient (Wildman–Crippen LogP) is 1.08. The van der Waals surface area contributed by atoms with E-state index >= 15 is 0 Å². The second-order valence-corrected chi connectivity index (χ2v) is 4.22. The van der Waals surface area contributed by atoms with Crippen molar-refractivity contribution >= 4 is 0 Å². The number of nitrogens with zero attached hydrogens (tertiary/aromatic N) is 1. The second kappa shape index (κ2) is 3.75. The highest BCUT2D eigenvalue weighted by Gasteiger charge is 2.34. The number of rotatable bonds is 3. The Balaban J connectivity index is 1.71. The Morgan fingerprint density at radius 2 is 2.42 bits per heavy atom. The first-order chi connectivity index (χ1) is 5.90. The first-order valence-electron chi connectivity index (χ1n) is 5.36. The summed E-state index contributed by atoms with van der Waals surface area (Å²) in [5, 5.41) is 3.51. The van der Waals surface area contributed by atoms with Crippen LogP contribution in [-0.4, -0.2) is 37.1 Å². The first-order valence-corrected chi connectivity index (χ1v) is 5.36. The van der Waals surface area contributed by atoms with Crippen LogP contribution in [0.3, 0.4) is 0 Å². The summed E-state index contributed by atoms with van der Waals surface area (Å²) < 4.78 is 0. The summed E-state index contributed by atoms with van der Waals surface area (Å²) in [4.78, 5) is 2.62. The number of unbranched alkanes of at least 4 members (excludes halogenated alkanes) is 1. The van der Waals surface area contributed by atoms with Crippen LogP contribution in [0.2, 0.25) is 0 Å². The van der Waals surface area contributed by atoms with E-state index < -0.39 is 0 Å². The topological polar surface area (TPSA) is 15.3 Å². The summed E-state index contributed by atoms with van der Waals surface area (Å²) in [6.07, 6.45) is 4.14. The maximum absolute atomic E-state index is 3.51. The number of piperidine rings is 1. The lowest BCUT2D eigenvalue weighted by Gasteiger charge is -2.46. The van der Waals surface area contributed by atoms with Crippen LogP contribution >= 0.6 is 0 Å². The molecular formula is C10H20N2. The molecule has 0 amide bonds. The summed E-state index contributed by atoms with van der Waals surface area (Å²) >= 11 is 0. The van der Waals surface area contributed by atoms with E-state index in [0.29, 0.717) is 0 Å². The molecule has 2 fully saturated rings. The van der Waals surface area contributed by atoms with Gasteiger partial charge in [0.2, 0.25) is 0 Å². The van der Waals surface area contributed by atoms with Crippen LogP contribution in [0.15, 0.2) is 0 Å². The molecule has 70 valence electrons. The fourth-order valence-electron chi connectivity index (χ4n) is 2.27. The number of hydrogen-bond donors (Lipinski definition) is 1. The molecule has 12 heavy (non-hydrogen) atoms. The van der Waals surface area contributed by atoms with Crippen LogP contribution in [0.5, 0.6) is 0 Å². The van der Waals surface area contributed by atoms with Crippen LogP contribution in [0.1, 0.15) is 26.2 Å². The van der Waals surface area contributed by atoms with Gasteiger partial charge in [0.15, 0.2) is 0 Å². The van der Waals surface area contributed by atoms with Crippen LogP contribution < -0.4 is 5.32 Å². The van der Waals surface area contributed by atoms with Crippen molar-refractivity contribution in [1.29, 1.82) is 0 Å². The zero-order valence-electron chi connectivity index (χ0n) is 8.05. The fraction of sp³-hybridized carbons (Fsp3) is 1.00. The number of nitrogens with one attached hydrogen (secondary N) is 1. The van der Waals surface area contributed by atoms with E-state index in [0.717, 1.165) is 12.0 Å². The smallest absolute Gasteiger partial charge is 0.0235 e. The zero-order chi connectivity index (χ0) is 8.39. The van der Waals surface area contributed by atoms with Gasteiger partial charge in [-0.25, -0.2) is 0 Å². The maximum atomic E-state index is 3.51. The highest BCUT2D eigenvalue weighted by molar-refractivity contribution is 4.93. The van der Waals surface area contributed by atoms with Gasteiger partial charge in [0.1, 0.15) is 0 Å². The molecule has 2 nitrogen and oxygen atoms in total. The minimum absolute atomic E-state index is 0.843. The molecule has 2 heterocycles. The molecule has 0 aromatic heterocycles. The van der Waals surface area contributed by atoms with Gasteiger partial charge in [0.25, 0.3) is 0 Å². The Kier molecular flexibility index (Phi) is 2.66. The van der Waals surface area contributed by atoms with Gasteiger partial charge >= 0.3 is 0 Å². The number of fused-ring (bicyclic) bond motifs is 1. The van der Waals surface area contributed by atoms with Gasteiger partial charge in [-0.3, -0.25) is 0 Å². The third kappa shape index (κ3) is 1.64. The van der Waals surface area contributed by atoms with E-state index in [1.165, 1.54) is 45.4 Å². The van der Waals surface area contributed by atoms with Gasteiger partial charge in [-0.1, -0.05) is 13.3 Å². The van der Waals surface area contributed by atoms with Crippen LogP contribution in [0, 0.1) is 5.92 Å². The molecule has 2 rings (SSSR count). The molecule has 0 saturated carbocycles. The van der Waals surface area contributed by atoms with E-state index in [4.69, 9.17) is 0 Å². The van der Waals surface area contributed by atoms with E-state index in [1.54, 1.807) is 0 Å². The van der Waals surface area contributed by atoms with Gasteiger partial charge in [0.05, 0.1) is 0 Å². The summed E-state index contributed by atoms with van der Waals surface area (Å²) in [5.74, 6) is 1.02. The van der Waals surface area contributed by atoms with Crippen LogP contribution in [0.4, 0.5) is 0 Å². The SMILES string of the molecule is CCCCN1CCC2CNC2C1. The summed E-state index contributed by atoms with van der Waals surface area (Å²) in [6, 6.07) is 0.843. The van der Waals surface area contributed by atoms with E-state index in [-0.39, 0.29) is 0 Å². The molecule has 0 aromatic carbocycles. The average molecular weight is 168 g/mol. The molecule has 0 aliphatic carbocycles. The van der Waals surface area contributed by atoms with Crippen molar-refractivity contribution in [3.8, 4) is 0 Å². The zero-order valence-corrected chi connectivity index (χ0v) is 8.05. The molecule has 0 aromatic rings. The minimum Gasteiger partial charge on any atom is -0.312 e. The molecule has 2 unspecified atom stereocenters. The predicted molar refractivity (Wildman–Crippen MR) is 51.2 cm³/mol. The van der Waals surface area contributed by atoms with E-state index in [1.807, 2.05) is 0 Å². The number of likely N-dealkylation sites (tertiary alicyclic amines) is 1. The van der Waals surface area contributed by atoms with Crippen molar-refractivity contribution < 1.29 is 0 Å². The third-order valence-corrected chi connectivity index (χ3v) is 3.31. The second-order valence-electron chi connectivity index (χ2n) is 4.22. The van der Waals surface area contributed by atoms with Crippen molar-refractivity contribution in [2.45, 2.75) is 32.2 Å². The largest absolute Gasteiger partial charge is 0.312 e. The molecule has 1 N–H and O–H groups in total. The van der Waals surface area contributed by atoms with Crippen molar-refractivity contribution in [3.63, 3.8) is 0 Å². The lowest BCUT2D eigenvalue weighted by atomic mass is 9.85. The lowest BCUT2D eigenvalue weighted by Crippen LogP contribution is -2.62. The Morgan fingerprint density at radius 1 is 1.50 bits per heavy atom. The molecule has 2 aliphatic heterocycles. The molecule has 0 bridgehead atoms. The molecule has 2 aliphatic rings. The van der Waals surface area contributed by atoms with Gasteiger partial charge in [-0.15, -0.1) is 0 Å². The Morgan fingerprint density at radius 3 is 3.00 bits per heavy atom. The van der Waals surface area contributed by atoms with Crippen molar-refractivity contribution in [2.24, 2.45) is 5.92 Å². The van der Waals surface area contributed by atoms with Gasteiger partial charge in [-0.05, 0) is 38.4 Å².